The number of nitrogens with one attached hydrogen (secondary N) is 2. The molecule has 0 spiro atoms. The van der Waals surface area contributed by atoms with Crippen LogP contribution < -0.4 is 15.4 Å². The first-order chi connectivity index (χ1) is 9.27. The van der Waals surface area contributed by atoms with Crippen LogP contribution in [0.4, 0.5) is 0 Å². The van der Waals surface area contributed by atoms with E-state index in [4.69, 9.17) is 4.74 Å². The molecule has 0 heterocycles. The smallest absolute Gasteiger partial charge is 0.251 e. The molecular formula is C15H23ClN2O2. The Hall–Kier alpha value is -1.52. The Morgan fingerprint density at radius 3 is 2.55 bits per heavy atom. The first kappa shape index (κ1) is 18.5. The lowest BCUT2D eigenvalue weighted by molar-refractivity contribution is 0.0954. The summed E-state index contributed by atoms with van der Waals surface area (Å²) in [4.78, 5) is 11.8. The maximum atomic E-state index is 11.8. The molecule has 2 N–H and O–H groups in total. The minimum Gasteiger partial charge on any atom is -0.490 e. The lowest BCUT2D eigenvalue weighted by Crippen LogP contribution is -2.32. The number of amides is 1. The molecule has 1 aromatic carbocycles. The van der Waals surface area contributed by atoms with Gasteiger partial charge in [-0.05, 0) is 37.2 Å². The topological polar surface area (TPSA) is 50.4 Å². The summed E-state index contributed by atoms with van der Waals surface area (Å²) in [7, 11) is 0. The van der Waals surface area contributed by atoms with Crippen molar-refractivity contribution in [3.63, 3.8) is 0 Å². The molecule has 0 aliphatic rings. The zero-order chi connectivity index (χ0) is 13.9. The summed E-state index contributed by atoms with van der Waals surface area (Å²) in [5.41, 5.74) is 0.640. The number of hydrogen-bond acceptors (Lipinski definition) is 3. The Labute approximate surface area is 127 Å². The third-order valence-electron chi connectivity index (χ3n) is 2.50. The second-order valence-electron chi connectivity index (χ2n) is 4.13. The van der Waals surface area contributed by atoms with Crippen LogP contribution in [-0.2, 0) is 0 Å². The molecule has 0 fully saturated rings. The maximum absolute atomic E-state index is 11.8. The molecule has 0 unspecified atom stereocenters. The van der Waals surface area contributed by atoms with Crippen molar-refractivity contribution in [3.05, 3.63) is 42.5 Å². The summed E-state index contributed by atoms with van der Waals surface area (Å²) >= 11 is 0. The molecule has 20 heavy (non-hydrogen) atoms. The van der Waals surface area contributed by atoms with Gasteiger partial charge in [0.15, 0.2) is 0 Å². The van der Waals surface area contributed by atoms with E-state index in [0.29, 0.717) is 18.7 Å². The average molecular weight is 299 g/mol. The molecule has 0 atom stereocenters. The zero-order valence-corrected chi connectivity index (χ0v) is 12.7. The van der Waals surface area contributed by atoms with E-state index in [1.54, 1.807) is 30.3 Å². The second-order valence-corrected chi connectivity index (χ2v) is 4.13. The van der Waals surface area contributed by atoms with Crippen LogP contribution in [0.5, 0.6) is 5.75 Å². The predicted molar refractivity (Wildman–Crippen MR) is 84.9 cm³/mol. The molecule has 5 heteroatoms. The van der Waals surface area contributed by atoms with E-state index in [1.165, 1.54) is 0 Å². The molecule has 0 bridgehead atoms. The van der Waals surface area contributed by atoms with E-state index >= 15 is 0 Å². The van der Waals surface area contributed by atoms with Gasteiger partial charge in [-0.15, -0.1) is 12.4 Å². The first-order valence-electron chi connectivity index (χ1n) is 6.60. The van der Waals surface area contributed by atoms with Crippen LogP contribution in [0.15, 0.2) is 36.9 Å². The summed E-state index contributed by atoms with van der Waals surface area (Å²) in [5.74, 6) is 0.676. The molecule has 0 aliphatic carbocycles. The highest BCUT2D eigenvalue weighted by atomic mass is 35.5. The van der Waals surface area contributed by atoms with Crippen LogP contribution in [0.2, 0.25) is 0 Å². The molecule has 0 radical (unpaired) electrons. The van der Waals surface area contributed by atoms with Crippen molar-refractivity contribution in [2.24, 2.45) is 0 Å². The highest BCUT2D eigenvalue weighted by Gasteiger charge is 2.04. The number of carbonyl (C=O) groups is 1. The SMILES string of the molecule is C=CCOc1ccc(C(=O)NCCNCCC)cc1.Cl. The molecule has 0 saturated carbocycles. The van der Waals surface area contributed by atoms with Gasteiger partial charge in [-0.3, -0.25) is 4.79 Å². The fourth-order valence-electron chi connectivity index (χ4n) is 1.53. The Bertz CT molecular complexity index is 393. The third kappa shape index (κ3) is 7.16. The van der Waals surface area contributed by atoms with E-state index in [1.807, 2.05) is 0 Å². The number of rotatable bonds is 9. The molecule has 4 nitrogen and oxygen atoms in total. The molecule has 112 valence electrons. The van der Waals surface area contributed by atoms with Crippen molar-refractivity contribution >= 4 is 18.3 Å². The van der Waals surface area contributed by atoms with Gasteiger partial charge in [-0.2, -0.15) is 0 Å². The van der Waals surface area contributed by atoms with Gasteiger partial charge < -0.3 is 15.4 Å². The summed E-state index contributed by atoms with van der Waals surface area (Å²) in [6.07, 6.45) is 2.78. The standard InChI is InChI=1S/C15H22N2O2.ClH/c1-3-9-16-10-11-17-15(18)13-5-7-14(8-6-13)19-12-4-2;/h4-8,16H,2-3,9-12H2,1H3,(H,17,18);1H. The monoisotopic (exact) mass is 298 g/mol. The van der Waals surface area contributed by atoms with E-state index in [0.717, 1.165) is 25.3 Å². The first-order valence-corrected chi connectivity index (χ1v) is 6.60. The van der Waals surface area contributed by atoms with Crippen LogP contribution >= 0.6 is 12.4 Å². The quantitative estimate of drug-likeness (QED) is 0.544. The highest BCUT2D eigenvalue weighted by Crippen LogP contribution is 2.11. The Morgan fingerprint density at radius 1 is 1.25 bits per heavy atom. The van der Waals surface area contributed by atoms with Gasteiger partial charge >= 0.3 is 0 Å². The molecular weight excluding hydrogens is 276 g/mol. The highest BCUT2D eigenvalue weighted by molar-refractivity contribution is 5.94. The van der Waals surface area contributed by atoms with E-state index in [2.05, 4.69) is 24.1 Å². The van der Waals surface area contributed by atoms with Gasteiger partial charge in [-0.1, -0.05) is 19.6 Å². The van der Waals surface area contributed by atoms with Crippen molar-refractivity contribution in [1.82, 2.24) is 10.6 Å². The Kier molecular flexibility index (Phi) is 10.5. The summed E-state index contributed by atoms with van der Waals surface area (Å²) in [6, 6.07) is 7.09. The van der Waals surface area contributed by atoms with Crippen LogP contribution in [-0.4, -0.2) is 32.1 Å². The minimum absolute atomic E-state index is 0. The van der Waals surface area contributed by atoms with Crippen LogP contribution in [0.1, 0.15) is 23.7 Å². The van der Waals surface area contributed by atoms with Crippen LogP contribution in [0.25, 0.3) is 0 Å². The second kappa shape index (κ2) is 11.3. The zero-order valence-electron chi connectivity index (χ0n) is 11.9. The van der Waals surface area contributed by atoms with E-state index < -0.39 is 0 Å². The van der Waals surface area contributed by atoms with Crippen molar-refractivity contribution in [2.45, 2.75) is 13.3 Å². The lowest BCUT2D eigenvalue weighted by atomic mass is 10.2. The molecule has 0 aliphatic heterocycles. The number of ether oxygens (including phenoxy) is 1. The fourth-order valence-corrected chi connectivity index (χ4v) is 1.53. The molecule has 0 saturated heterocycles. The number of halogens is 1. The van der Waals surface area contributed by atoms with Crippen molar-refractivity contribution in [3.8, 4) is 5.75 Å². The lowest BCUT2D eigenvalue weighted by Gasteiger charge is -2.07. The van der Waals surface area contributed by atoms with Gasteiger partial charge in [0.25, 0.3) is 5.91 Å². The molecule has 1 rings (SSSR count). The molecule has 1 amide bonds. The predicted octanol–water partition coefficient (Wildman–Crippen LogP) is 2.40. The minimum atomic E-state index is -0.0615. The van der Waals surface area contributed by atoms with Gasteiger partial charge in [-0.25, -0.2) is 0 Å². The van der Waals surface area contributed by atoms with Gasteiger partial charge in [0.05, 0.1) is 0 Å². The maximum Gasteiger partial charge on any atom is 0.251 e. The Balaban J connectivity index is 0.00000361. The van der Waals surface area contributed by atoms with Crippen molar-refractivity contribution in [2.75, 3.05) is 26.2 Å². The van der Waals surface area contributed by atoms with E-state index in [9.17, 15) is 4.79 Å². The van der Waals surface area contributed by atoms with Crippen LogP contribution in [0, 0.1) is 0 Å². The number of benzene rings is 1. The Morgan fingerprint density at radius 2 is 1.95 bits per heavy atom. The van der Waals surface area contributed by atoms with Crippen LogP contribution in [0.3, 0.4) is 0 Å². The molecule has 0 aromatic heterocycles. The van der Waals surface area contributed by atoms with Crippen molar-refractivity contribution < 1.29 is 9.53 Å². The normalized spacial score (nSPS) is 9.45. The van der Waals surface area contributed by atoms with Gasteiger partial charge in [0.2, 0.25) is 0 Å². The average Bonchev–Trinajstić information content (AvgIpc) is 2.45. The largest absolute Gasteiger partial charge is 0.490 e. The summed E-state index contributed by atoms with van der Waals surface area (Å²) < 4.78 is 5.36. The number of hydrogen-bond donors (Lipinski definition) is 2. The third-order valence-corrected chi connectivity index (χ3v) is 2.50. The van der Waals surface area contributed by atoms with Gasteiger partial charge in [0, 0.05) is 18.7 Å². The summed E-state index contributed by atoms with van der Waals surface area (Å²) in [6.45, 7) is 8.56. The van der Waals surface area contributed by atoms with Crippen molar-refractivity contribution in [1.29, 1.82) is 0 Å². The fraction of sp³-hybridized carbons (Fsp3) is 0.400. The summed E-state index contributed by atoms with van der Waals surface area (Å²) in [5, 5.41) is 6.09. The van der Waals surface area contributed by atoms with E-state index in [-0.39, 0.29) is 18.3 Å². The van der Waals surface area contributed by atoms with Gasteiger partial charge in [0.1, 0.15) is 12.4 Å². The number of carbonyl (C=O) groups excluding carboxylic acids is 1. The molecule has 1 aromatic rings.